The lowest BCUT2D eigenvalue weighted by Gasteiger charge is -2.09. The molecule has 0 bridgehead atoms. The molecule has 0 aliphatic rings. The number of nitrogens with zero attached hydrogens (tertiary/aromatic N) is 3. The van der Waals surface area contributed by atoms with Crippen LogP contribution in [0.1, 0.15) is 27.4 Å². The zero-order valence-electron chi connectivity index (χ0n) is 14.4. The summed E-state index contributed by atoms with van der Waals surface area (Å²) >= 11 is 0. The van der Waals surface area contributed by atoms with Crippen LogP contribution >= 0.6 is 0 Å². The minimum atomic E-state index is -0.188. The number of ether oxygens (including phenoxy) is 1. The number of amides is 1. The molecule has 3 aromatic rings. The van der Waals surface area contributed by atoms with Gasteiger partial charge in [-0.15, -0.1) is 0 Å². The smallest absolute Gasteiger partial charge is 0.259 e. The van der Waals surface area contributed by atoms with E-state index < -0.39 is 0 Å². The Bertz CT molecular complexity index is 869. The summed E-state index contributed by atoms with van der Waals surface area (Å²) in [5.74, 6) is 1.86. The highest BCUT2D eigenvalue weighted by molar-refractivity contribution is 6.06. The van der Waals surface area contributed by atoms with Crippen molar-refractivity contribution in [1.29, 1.82) is 0 Å². The van der Waals surface area contributed by atoms with Gasteiger partial charge in [-0.1, -0.05) is 6.07 Å². The molecule has 0 saturated carbocycles. The summed E-state index contributed by atoms with van der Waals surface area (Å²) < 4.78 is 12.9. The molecule has 7 heteroatoms. The molecule has 130 valence electrons. The molecule has 1 N–H and O–H groups in total. The number of aromatic nitrogens is 3. The lowest BCUT2D eigenvalue weighted by atomic mass is 10.1. The summed E-state index contributed by atoms with van der Waals surface area (Å²) in [6.45, 7) is 6.58. The van der Waals surface area contributed by atoms with Crippen molar-refractivity contribution >= 4 is 11.6 Å². The number of carbonyl (C=O) groups is 1. The monoisotopic (exact) mass is 340 g/mol. The second kappa shape index (κ2) is 7.21. The number of carbonyl (C=O) groups excluding carboxylic acids is 1. The van der Waals surface area contributed by atoms with Crippen molar-refractivity contribution in [2.24, 2.45) is 0 Å². The molecular weight excluding hydrogens is 320 g/mol. The van der Waals surface area contributed by atoms with Crippen LogP contribution in [0.25, 0.3) is 0 Å². The fourth-order valence-corrected chi connectivity index (χ4v) is 2.59. The first kappa shape index (κ1) is 16.8. The molecule has 0 saturated heterocycles. The van der Waals surface area contributed by atoms with Gasteiger partial charge in [0.25, 0.3) is 5.91 Å². The number of rotatable bonds is 6. The van der Waals surface area contributed by atoms with Crippen LogP contribution in [0, 0.1) is 20.8 Å². The largest absolute Gasteiger partial charge is 0.492 e. The summed E-state index contributed by atoms with van der Waals surface area (Å²) in [7, 11) is 0. The van der Waals surface area contributed by atoms with Crippen molar-refractivity contribution in [1.82, 2.24) is 14.8 Å². The van der Waals surface area contributed by atoms with E-state index in [1.165, 1.54) is 6.33 Å². The average Bonchev–Trinajstić information content (AvgIpc) is 3.16. The maximum Gasteiger partial charge on any atom is 0.259 e. The zero-order chi connectivity index (χ0) is 17.8. The number of aryl methyl sites for hydroxylation is 2. The molecule has 0 unspecified atom stereocenters. The minimum absolute atomic E-state index is 0.188. The van der Waals surface area contributed by atoms with E-state index in [-0.39, 0.29) is 5.91 Å². The summed E-state index contributed by atoms with van der Waals surface area (Å²) in [5.41, 5.74) is 2.10. The van der Waals surface area contributed by atoms with Gasteiger partial charge in [-0.25, -0.2) is 9.67 Å². The van der Waals surface area contributed by atoms with Crippen molar-refractivity contribution in [3.05, 3.63) is 59.6 Å². The molecule has 25 heavy (non-hydrogen) atoms. The standard InChI is InChI=1S/C18H20N4O3/c1-12-13(2)25-14(3)17(12)18(23)21-15-5-4-6-16(9-15)24-8-7-22-11-19-10-20-22/h4-6,9-11H,7-8H2,1-3H3,(H,21,23). The number of anilines is 1. The Labute approximate surface area is 145 Å². The molecule has 1 amide bonds. The normalized spacial score (nSPS) is 10.7. The molecule has 2 aromatic heterocycles. The van der Waals surface area contributed by atoms with E-state index in [2.05, 4.69) is 15.4 Å². The number of hydrogen-bond acceptors (Lipinski definition) is 5. The van der Waals surface area contributed by atoms with Crippen LogP contribution in [-0.4, -0.2) is 27.3 Å². The van der Waals surface area contributed by atoms with E-state index in [4.69, 9.17) is 9.15 Å². The van der Waals surface area contributed by atoms with Crippen LogP contribution in [0.5, 0.6) is 5.75 Å². The highest BCUT2D eigenvalue weighted by atomic mass is 16.5. The molecule has 0 aliphatic carbocycles. The fourth-order valence-electron chi connectivity index (χ4n) is 2.59. The van der Waals surface area contributed by atoms with E-state index in [9.17, 15) is 4.79 Å². The summed E-state index contributed by atoms with van der Waals surface area (Å²) in [6.07, 6.45) is 3.12. The maximum absolute atomic E-state index is 12.5. The van der Waals surface area contributed by atoms with Crippen molar-refractivity contribution in [2.45, 2.75) is 27.3 Å². The Morgan fingerprint density at radius 2 is 2.12 bits per heavy atom. The van der Waals surface area contributed by atoms with Gasteiger partial charge < -0.3 is 14.5 Å². The average molecular weight is 340 g/mol. The first-order valence-corrected chi connectivity index (χ1v) is 7.98. The molecule has 1 aromatic carbocycles. The van der Waals surface area contributed by atoms with Crippen LogP contribution in [0.3, 0.4) is 0 Å². The number of benzene rings is 1. The number of nitrogens with one attached hydrogen (secondary N) is 1. The van der Waals surface area contributed by atoms with E-state index >= 15 is 0 Å². The topological polar surface area (TPSA) is 82.2 Å². The maximum atomic E-state index is 12.5. The molecule has 0 radical (unpaired) electrons. The van der Waals surface area contributed by atoms with Gasteiger partial charge in [0.2, 0.25) is 0 Å². The zero-order valence-corrected chi connectivity index (χ0v) is 14.4. The third-order valence-corrected chi connectivity index (χ3v) is 3.94. The van der Waals surface area contributed by atoms with Crippen LogP contribution in [-0.2, 0) is 6.54 Å². The Hall–Kier alpha value is -3.09. The van der Waals surface area contributed by atoms with Crippen LogP contribution in [0.15, 0.2) is 41.3 Å². The van der Waals surface area contributed by atoms with Gasteiger partial charge in [0, 0.05) is 17.3 Å². The highest BCUT2D eigenvalue weighted by Crippen LogP contribution is 2.23. The summed E-state index contributed by atoms with van der Waals surface area (Å²) in [4.78, 5) is 16.4. The lowest BCUT2D eigenvalue weighted by molar-refractivity contribution is 0.102. The van der Waals surface area contributed by atoms with Crippen LogP contribution < -0.4 is 10.1 Å². The van der Waals surface area contributed by atoms with Crippen LogP contribution in [0.4, 0.5) is 5.69 Å². The second-order valence-corrected chi connectivity index (χ2v) is 5.70. The van der Waals surface area contributed by atoms with E-state index in [1.807, 2.05) is 32.0 Å². The minimum Gasteiger partial charge on any atom is -0.492 e. The van der Waals surface area contributed by atoms with Crippen molar-refractivity contribution in [3.63, 3.8) is 0 Å². The van der Waals surface area contributed by atoms with Crippen molar-refractivity contribution < 1.29 is 13.9 Å². The van der Waals surface area contributed by atoms with Crippen molar-refractivity contribution in [3.8, 4) is 5.75 Å². The quantitative estimate of drug-likeness (QED) is 0.745. The van der Waals surface area contributed by atoms with Gasteiger partial charge in [0.05, 0.1) is 12.1 Å². The molecule has 0 aliphatic heterocycles. The fraction of sp³-hybridized carbons (Fsp3) is 0.278. The van der Waals surface area contributed by atoms with E-state index in [0.29, 0.717) is 35.9 Å². The van der Waals surface area contributed by atoms with Gasteiger partial charge >= 0.3 is 0 Å². The van der Waals surface area contributed by atoms with Crippen molar-refractivity contribution in [2.75, 3.05) is 11.9 Å². The lowest BCUT2D eigenvalue weighted by Crippen LogP contribution is -2.14. The Morgan fingerprint density at radius 1 is 1.28 bits per heavy atom. The third kappa shape index (κ3) is 3.88. The van der Waals surface area contributed by atoms with E-state index in [0.717, 1.165) is 11.3 Å². The summed E-state index contributed by atoms with van der Waals surface area (Å²) in [5, 5.41) is 6.91. The van der Waals surface area contributed by atoms with Crippen LogP contribution in [0.2, 0.25) is 0 Å². The summed E-state index contributed by atoms with van der Waals surface area (Å²) in [6, 6.07) is 7.28. The van der Waals surface area contributed by atoms with Gasteiger partial charge in [0.15, 0.2) is 0 Å². The van der Waals surface area contributed by atoms with Gasteiger partial charge in [-0.2, -0.15) is 5.10 Å². The molecule has 7 nitrogen and oxygen atoms in total. The SMILES string of the molecule is Cc1oc(C)c(C(=O)Nc2cccc(OCCn3cncn3)c2)c1C. The Balaban J connectivity index is 1.64. The molecular formula is C18H20N4O3. The number of hydrogen-bond donors (Lipinski definition) is 1. The Kier molecular flexibility index (Phi) is 4.83. The van der Waals surface area contributed by atoms with Gasteiger partial charge in [-0.3, -0.25) is 4.79 Å². The third-order valence-electron chi connectivity index (χ3n) is 3.94. The molecule has 0 spiro atoms. The van der Waals surface area contributed by atoms with Gasteiger partial charge in [-0.05, 0) is 32.9 Å². The van der Waals surface area contributed by atoms with E-state index in [1.54, 1.807) is 24.0 Å². The predicted octanol–water partition coefficient (Wildman–Crippen LogP) is 3.13. The molecule has 3 rings (SSSR count). The first-order valence-electron chi connectivity index (χ1n) is 7.98. The molecule has 0 atom stereocenters. The van der Waals surface area contributed by atoms with Gasteiger partial charge in [0.1, 0.15) is 36.5 Å². The molecule has 2 heterocycles. The second-order valence-electron chi connectivity index (χ2n) is 5.70. The molecule has 0 fully saturated rings. The predicted molar refractivity (Wildman–Crippen MR) is 92.8 cm³/mol. The highest BCUT2D eigenvalue weighted by Gasteiger charge is 2.18. The Morgan fingerprint density at radius 3 is 2.80 bits per heavy atom. The number of furan rings is 1. The first-order chi connectivity index (χ1) is 12.0.